The fourth-order valence-electron chi connectivity index (χ4n) is 3.29. The quantitative estimate of drug-likeness (QED) is 0.741. The Bertz CT molecular complexity index is 869. The zero-order valence-corrected chi connectivity index (χ0v) is 17.8. The SMILES string of the molecule is C[C@@H]1CN(S(=O)(=O)c2ccc(NC(=O)CCCc3cccs3)cc2)C[C@H](C)O1. The predicted octanol–water partition coefficient (Wildman–Crippen LogP) is 3.51. The van der Waals surface area contributed by atoms with Gasteiger partial charge in [-0.1, -0.05) is 6.07 Å². The minimum atomic E-state index is -3.57. The van der Waals surface area contributed by atoms with Gasteiger partial charge in [0.1, 0.15) is 0 Å². The number of nitrogens with zero attached hydrogens (tertiary/aromatic N) is 1. The Balaban J connectivity index is 1.55. The van der Waals surface area contributed by atoms with Crippen LogP contribution < -0.4 is 5.32 Å². The number of carbonyl (C=O) groups is 1. The number of morpholine rings is 1. The smallest absolute Gasteiger partial charge is 0.243 e. The molecule has 0 saturated carbocycles. The number of hydrogen-bond donors (Lipinski definition) is 1. The zero-order chi connectivity index (χ0) is 20.1. The predicted molar refractivity (Wildman–Crippen MR) is 111 cm³/mol. The first-order chi connectivity index (χ1) is 13.3. The first-order valence-corrected chi connectivity index (χ1v) is 11.7. The molecule has 1 N–H and O–H groups in total. The molecule has 1 amide bonds. The third-order valence-corrected chi connectivity index (χ3v) is 7.35. The zero-order valence-electron chi connectivity index (χ0n) is 16.1. The summed E-state index contributed by atoms with van der Waals surface area (Å²) in [5, 5.41) is 4.86. The maximum atomic E-state index is 12.8. The maximum absolute atomic E-state index is 12.8. The highest BCUT2D eigenvalue weighted by Crippen LogP contribution is 2.22. The van der Waals surface area contributed by atoms with Crippen molar-refractivity contribution in [3.8, 4) is 0 Å². The third-order valence-electron chi connectivity index (χ3n) is 4.57. The standard InChI is InChI=1S/C20H26N2O4S2/c1-15-13-22(14-16(2)26-15)28(24,25)19-10-8-17(9-11-19)21-20(23)7-3-5-18-6-4-12-27-18/h4,6,8-12,15-16H,3,5,7,13-14H2,1-2H3,(H,21,23)/t15-,16+. The van der Waals surface area contributed by atoms with Crippen molar-refractivity contribution < 1.29 is 17.9 Å². The van der Waals surface area contributed by atoms with Crippen LogP contribution >= 0.6 is 11.3 Å². The number of rotatable bonds is 7. The molecular weight excluding hydrogens is 396 g/mol. The molecule has 1 aromatic heterocycles. The summed E-state index contributed by atoms with van der Waals surface area (Å²) in [5.74, 6) is -0.0667. The molecule has 28 heavy (non-hydrogen) atoms. The molecule has 2 aromatic rings. The van der Waals surface area contributed by atoms with Gasteiger partial charge in [-0.25, -0.2) is 8.42 Å². The van der Waals surface area contributed by atoms with Crippen LogP contribution in [0.3, 0.4) is 0 Å². The van der Waals surface area contributed by atoms with Gasteiger partial charge in [-0.05, 0) is 62.4 Å². The van der Waals surface area contributed by atoms with Crippen molar-refractivity contribution in [3.63, 3.8) is 0 Å². The minimum absolute atomic E-state index is 0.0667. The van der Waals surface area contributed by atoms with Gasteiger partial charge in [0.2, 0.25) is 15.9 Å². The molecule has 0 bridgehead atoms. The van der Waals surface area contributed by atoms with Gasteiger partial charge in [0, 0.05) is 30.1 Å². The van der Waals surface area contributed by atoms with E-state index < -0.39 is 10.0 Å². The fourth-order valence-corrected chi connectivity index (χ4v) is 5.63. The second-order valence-corrected chi connectivity index (χ2v) is 10.1. The lowest BCUT2D eigenvalue weighted by Gasteiger charge is -2.34. The Labute approximate surface area is 170 Å². The minimum Gasteiger partial charge on any atom is -0.373 e. The van der Waals surface area contributed by atoms with E-state index in [0.29, 0.717) is 25.2 Å². The molecule has 0 aliphatic carbocycles. The molecule has 1 aliphatic rings. The third kappa shape index (κ3) is 5.41. The summed E-state index contributed by atoms with van der Waals surface area (Å²) in [4.78, 5) is 13.6. The lowest BCUT2D eigenvalue weighted by atomic mass is 10.2. The van der Waals surface area contributed by atoms with Crippen LogP contribution in [0.5, 0.6) is 0 Å². The Morgan fingerprint density at radius 3 is 2.46 bits per heavy atom. The maximum Gasteiger partial charge on any atom is 0.243 e. The van der Waals surface area contributed by atoms with Crippen LogP contribution in [0.4, 0.5) is 5.69 Å². The summed E-state index contributed by atoms with van der Waals surface area (Å²) in [6, 6.07) is 10.4. The normalized spacial score (nSPS) is 20.8. The Kier molecular flexibility index (Phi) is 6.87. The summed E-state index contributed by atoms with van der Waals surface area (Å²) < 4.78 is 32.8. The molecule has 2 atom stereocenters. The number of nitrogens with one attached hydrogen (secondary N) is 1. The Morgan fingerprint density at radius 2 is 1.86 bits per heavy atom. The molecule has 1 saturated heterocycles. The van der Waals surface area contributed by atoms with Gasteiger partial charge in [-0.2, -0.15) is 4.31 Å². The van der Waals surface area contributed by atoms with E-state index in [9.17, 15) is 13.2 Å². The van der Waals surface area contributed by atoms with Crippen LogP contribution in [-0.4, -0.2) is 43.9 Å². The highest BCUT2D eigenvalue weighted by Gasteiger charge is 2.32. The second kappa shape index (κ2) is 9.17. The summed E-state index contributed by atoms with van der Waals surface area (Å²) in [7, 11) is -3.57. The number of carbonyl (C=O) groups excluding carboxylic acids is 1. The average molecular weight is 423 g/mol. The lowest BCUT2D eigenvalue weighted by molar-refractivity contribution is -0.116. The average Bonchev–Trinajstić information content (AvgIpc) is 3.15. The van der Waals surface area contributed by atoms with Crippen LogP contribution in [0.2, 0.25) is 0 Å². The molecule has 152 valence electrons. The molecule has 0 spiro atoms. The van der Waals surface area contributed by atoms with Crippen LogP contribution in [0, 0.1) is 0 Å². The molecule has 1 aliphatic heterocycles. The second-order valence-electron chi connectivity index (χ2n) is 7.08. The van der Waals surface area contributed by atoms with Gasteiger partial charge < -0.3 is 10.1 Å². The summed E-state index contributed by atoms with van der Waals surface area (Å²) in [6.07, 6.45) is 1.84. The topological polar surface area (TPSA) is 75.7 Å². The van der Waals surface area contributed by atoms with E-state index in [4.69, 9.17) is 4.74 Å². The lowest BCUT2D eigenvalue weighted by Crippen LogP contribution is -2.48. The number of aryl methyl sites for hydroxylation is 1. The summed E-state index contributed by atoms with van der Waals surface area (Å²) in [5.41, 5.74) is 0.601. The largest absolute Gasteiger partial charge is 0.373 e. The van der Waals surface area contributed by atoms with Crippen molar-refractivity contribution in [2.75, 3.05) is 18.4 Å². The highest BCUT2D eigenvalue weighted by molar-refractivity contribution is 7.89. The van der Waals surface area contributed by atoms with Crippen molar-refractivity contribution in [1.29, 1.82) is 0 Å². The number of sulfonamides is 1. The number of benzene rings is 1. The van der Waals surface area contributed by atoms with E-state index in [0.717, 1.165) is 12.8 Å². The van der Waals surface area contributed by atoms with E-state index in [1.807, 2.05) is 25.3 Å². The molecular formula is C20H26N2O4S2. The molecule has 2 heterocycles. The molecule has 1 aromatic carbocycles. The van der Waals surface area contributed by atoms with E-state index >= 15 is 0 Å². The van der Waals surface area contributed by atoms with Crippen LogP contribution in [0.1, 0.15) is 31.6 Å². The van der Waals surface area contributed by atoms with Gasteiger partial charge in [0.25, 0.3) is 0 Å². The first kappa shape index (κ1) is 21.0. The Hall–Kier alpha value is -1.74. The van der Waals surface area contributed by atoms with Crippen molar-refractivity contribution >= 4 is 33.0 Å². The number of amides is 1. The monoisotopic (exact) mass is 422 g/mol. The molecule has 6 nitrogen and oxygen atoms in total. The van der Waals surface area contributed by atoms with Gasteiger partial charge >= 0.3 is 0 Å². The van der Waals surface area contributed by atoms with Crippen LogP contribution in [0.25, 0.3) is 0 Å². The van der Waals surface area contributed by atoms with Crippen LogP contribution in [0.15, 0.2) is 46.7 Å². The fraction of sp³-hybridized carbons (Fsp3) is 0.450. The van der Waals surface area contributed by atoms with Crippen molar-refractivity contribution in [2.24, 2.45) is 0 Å². The number of hydrogen-bond acceptors (Lipinski definition) is 5. The van der Waals surface area contributed by atoms with Crippen molar-refractivity contribution in [1.82, 2.24) is 4.31 Å². The molecule has 8 heteroatoms. The molecule has 0 unspecified atom stereocenters. The first-order valence-electron chi connectivity index (χ1n) is 9.42. The van der Waals surface area contributed by atoms with Gasteiger partial charge in [-0.3, -0.25) is 4.79 Å². The van der Waals surface area contributed by atoms with E-state index in [2.05, 4.69) is 11.4 Å². The molecule has 1 fully saturated rings. The van der Waals surface area contributed by atoms with Gasteiger partial charge in [0.05, 0.1) is 17.1 Å². The van der Waals surface area contributed by atoms with E-state index in [1.165, 1.54) is 9.18 Å². The number of anilines is 1. The summed E-state index contributed by atoms with van der Waals surface area (Å²) >= 11 is 1.69. The number of ether oxygens (including phenoxy) is 1. The number of thiophene rings is 1. The van der Waals surface area contributed by atoms with E-state index in [-0.39, 0.29) is 23.0 Å². The van der Waals surface area contributed by atoms with Crippen LogP contribution in [-0.2, 0) is 26.0 Å². The van der Waals surface area contributed by atoms with Crippen molar-refractivity contribution in [3.05, 3.63) is 46.7 Å². The van der Waals surface area contributed by atoms with Crippen molar-refractivity contribution in [2.45, 2.75) is 50.2 Å². The molecule has 3 rings (SSSR count). The highest BCUT2D eigenvalue weighted by atomic mass is 32.2. The van der Waals surface area contributed by atoms with Gasteiger partial charge in [-0.15, -0.1) is 11.3 Å². The summed E-state index contributed by atoms with van der Waals surface area (Å²) in [6.45, 7) is 4.43. The van der Waals surface area contributed by atoms with Gasteiger partial charge in [0.15, 0.2) is 0 Å². The van der Waals surface area contributed by atoms with E-state index in [1.54, 1.807) is 35.6 Å². The molecule has 0 radical (unpaired) electrons. The Morgan fingerprint density at radius 1 is 1.18 bits per heavy atom.